The number of hydrogen-bond donors (Lipinski definition) is 1. The smallest absolute Gasteiger partial charge is 0.338 e. The van der Waals surface area contributed by atoms with Gasteiger partial charge in [-0.25, -0.2) is 17.5 Å². The van der Waals surface area contributed by atoms with Gasteiger partial charge in [0.25, 0.3) is 10.0 Å². The van der Waals surface area contributed by atoms with Crippen LogP contribution < -0.4 is 5.73 Å². The molecule has 0 amide bonds. The highest BCUT2D eigenvalue weighted by Crippen LogP contribution is 2.28. The molecule has 176 valence electrons. The number of nitrogens with zero attached hydrogens (tertiary/aromatic N) is 1. The number of sulfonamides is 1. The van der Waals surface area contributed by atoms with Crippen molar-refractivity contribution in [1.82, 2.24) is 4.31 Å². The second-order valence-corrected chi connectivity index (χ2v) is 9.41. The van der Waals surface area contributed by atoms with E-state index >= 15 is 0 Å². The lowest BCUT2D eigenvalue weighted by molar-refractivity contribution is 0.0526. The molecule has 0 aliphatic heterocycles. The second kappa shape index (κ2) is 10.9. The molecular weight excluding hydrogens is 448 g/mol. The van der Waals surface area contributed by atoms with E-state index in [1.165, 1.54) is 28.6 Å². The molecule has 0 saturated carbocycles. The van der Waals surface area contributed by atoms with Crippen LogP contribution in [0.2, 0.25) is 0 Å². The van der Waals surface area contributed by atoms with Gasteiger partial charge in [-0.2, -0.15) is 0 Å². The molecule has 0 bridgehead atoms. The van der Waals surface area contributed by atoms with E-state index in [-0.39, 0.29) is 29.4 Å². The summed E-state index contributed by atoms with van der Waals surface area (Å²) in [4.78, 5) is 12.0. The SMILES string of the molecule is C=Cc1ccccc1/C(C)=C(\N)N(Cc1ccccc1)S(=O)(=O)c1ccc(C(=O)OCC)cc1. The van der Waals surface area contributed by atoms with Crippen LogP contribution >= 0.6 is 0 Å². The highest BCUT2D eigenvalue weighted by Gasteiger charge is 2.28. The molecule has 0 radical (unpaired) electrons. The molecule has 2 N–H and O–H groups in total. The number of rotatable bonds is 9. The van der Waals surface area contributed by atoms with Crippen LogP contribution in [-0.4, -0.2) is 25.3 Å². The number of carbonyl (C=O) groups excluding carboxylic acids is 1. The van der Waals surface area contributed by atoms with E-state index in [1.54, 1.807) is 19.9 Å². The van der Waals surface area contributed by atoms with Crippen molar-refractivity contribution in [2.24, 2.45) is 5.73 Å². The zero-order valence-electron chi connectivity index (χ0n) is 19.3. The van der Waals surface area contributed by atoms with Crippen molar-refractivity contribution in [3.8, 4) is 0 Å². The normalized spacial score (nSPS) is 11.9. The van der Waals surface area contributed by atoms with Gasteiger partial charge in [0, 0.05) is 0 Å². The summed E-state index contributed by atoms with van der Waals surface area (Å²) in [6.07, 6.45) is 1.70. The minimum Gasteiger partial charge on any atom is -0.462 e. The number of ether oxygens (including phenoxy) is 1. The Morgan fingerprint density at radius 3 is 2.24 bits per heavy atom. The second-order valence-electron chi connectivity index (χ2n) is 7.54. The summed E-state index contributed by atoms with van der Waals surface area (Å²) in [5.41, 5.74) is 9.82. The highest BCUT2D eigenvalue weighted by atomic mass is 32.2. The van der Waals surface area contributed by atoms with Crippen LogP contribution in [0.15, 0.2) is 96.2 Å². The third-order valence-corrected chi connectivity index (χ3v) is 7.13. The van der Waals surface area contributed by atoms with Crippen molar-refractivity contribution in [3.05, 3.63) is 114 Å². The van der Waals surface area contributed by atoms with Gasteiger partial charge in [-0.1, -0.05) is 67.3 Å². The molecule has 0 aliphatic carbocycles. The largest absolute Gasteiger partial charge is 0.462 e. The van der Waals surface area contributed by atoms with E-state index in [4.69, 9.17) is 10.5 Å². The van der Waals surface area contributed by atoms with Gasteiger partial charge in [0.2, 0.25) is 0 Å². The maximum absolute atomic E-state index is 13.8. The first kappa shape index (κ1) is 24.8. The maximum atomic E-state index is 13.8. The summed E-state index contributed by atoms with van der Waals surface area (Å²) < 4.78 is 33.7. The Balaban J connectivity index is 2.10. The van der Waals surface area contributed by atoms with Crippen molar-refractivity contribution in [2.45, 2.75) is 25.3 Å². The molecule has 0 aromatic heterocycles. The van der Waals surface area contributed by atoms with Gasteiger partial charge in [-0.15, -0.1) is 0 Å². The summed E-state index contributed by atoms with van der Waals surface area (Å²) in [7, 11) is -4.05. The van der Waals surface area contributed by atoms with Crippen molar-refractivity contribution < 1.29 is 17.9 Å². The third kappa shape index (κ3) is 5.38. The minimum absolute atomic E-state index is 0.0178. The third-order valence-electron chi connectivity index (χ3n) is 5.36. The topological polar surface area (TPSA) is 89.7 Å². The number of esters is 1. The van der Waals surface area contributed by atoms with Crippen LogP contribution in [0.4, 0.5) is 0 Å². The maximum Gasteiger partial charge on any atom is 0.338 e. The van der Waals surface area contributed by atoms with E-state index in [2.05, 4.69) is 6.58 Å². The Morgan fingerprint density at radius 2 is 1.62 bits per heavy atom. The first-order chi connectivity index (χ1) is 16.3. The molecule has 3 aromatic rings. The van der Waals surface area contributed by atoms with Crippen molar-refractivity contribution in [3.63, 3.8) is 0 Å². The van der Waals surface area contributed by atoms with Crippen LogP contribution in [-0.2, 0) is 21.3 Å². The molecule has 6 nitrogen and oxygen atoms in total. The molecular formula is C27H28N2O4S. The summed E-state index contributed by atoms with van der Waals surface area (Å²) in [5, 5.41) is 0. The lowest BCUT2D eigenvalue weighted by atomic mass is 10.0. The van der Waals surface area contributed by atoms with Crippen molar-refractivity contribution in [2.75, 3.05) is 6.61 Å². The van der Waals surface area contributed by atoms with E-state index in [0.29, 0.717) is 5.57 Å². The molecule has 0 atom stereocenters. The first-order valence-corrected chi connectivity index (χ1v) is 12.3. The molecule has 0 spiro atoms. The quantitative estimate of drug-likeness (QED) is 0.437. The predicted molar refractivity (Wildman–Crippen MR) is 135 cm³/mol. The van der Waals surface area contributed by atoms with Gasteiger partial charge in [0.1, 0.15) is 5.82 Å². The Labute approximate surface area is 201 Å². The molecule has 0 aliphatic rings. The van der Waals surface area contributed by atoms with Crippen LogP contribution in [0.1, 0.15) is 40.9 Å². The molecule has 0 saturated heterocycles. The van der Waals surface area contributed by atoms with Crippen LogP contribution in [0.25, 0.3) is 11.6 Å². The highest BCUT2D eigenvalue weighted by molar-refractivity contribution is 7.89. The molecule has 0 unspecified atom stereocenters. The fraction of sp³-hybridized carbons (Fsp3) is 0.148. The molecule has 0 fully saturated rings. The average molecular weight is 477 g/mol. The van der Waals surface area contributed by atoms with Crippen LogP contribution in [0.5, 0.6) is 0 Å². The van der Waals surface area contributed by atoms with Gasteiger partial charge in [0.05, 0.1) is 23.6 Å². The van der Waals surface area contributed by atoms with Crippen molar-refractivity contribution >= 4 is 27.6 Å². The Bertz CT molecular complexity index is 1300. The van der Waals surface area contributed by atoms with Gasteiger partial charge in [0.15, 0.2) is 0 Å². The first-order valence-electron chi connectivity index (χ1n) is 10.8. The number of hydrogen-bond acceptors (Lipinski definition) is 5. The molecule has 7 heteroatoms. The summed E-state index contributed by atoms with van der Waals surface area (Å²) in [5.74, 6) is -0.406. The van der Waals surface area contributed by atoms with Gasteiger partial charge in [-0.3, -0.25) is 0 Å². The predicted octanol–water partition coefficient (Wildman–Crippen LogP) is 5.04. The lowest BCUT2D eigenvalue weighted by Crippen LogP contribution is -2.34. The zero-order chi connectivity index (χ0) is 24.7. The molecule has 0 heterocycles. The average Bonchev–Trinajstić information content (AvgIpc) is 2.87. The number of carbonyl (C=O) groups is 1. The molecule has 3 aromatic carbocycles. The van der Waals surface area contributed by atoms with Crippen LogP contribution in [0, 0.1) is 0 Å². The molecule has 34 heavy (non-hydrogen) atoms. The number of nitrogens with two attached hydrogens (primary N) is 1. The Hall–Kier alpha value is -3.84. The monoisotopic (exact) mass is 476 g/mol. The summed E-state index contributed by atoms with van der Waals surface area (Å²) in [6, 6.07) is 22.4. The lowest BCUT2D eigenvalue weighted by Gasteiger charge is -2.27. The van der Waals surface area contributed by atoms with E-state index < -0.39 is 16.0 Å². The van der Waals surface area contributed by atoms with E-state index in [0.717, 1.165) is 16.7 Å². The van der Waals surface area contributed by atoms with Crippen molar-refractivity contribution in [1.29, 1.82) is 0 Å². The van der Waals surface area contributed by atoms with Gasteiger partial charge in [-0.05, 0) is 60.4 Å². The zero-order valence-corrected chi connectivity index (χ0v) is 20.1. The summed E-state index contributed by atoms with van der Waals surface area (Å²) >= 11 is 0. The summed E-state index contributed by atoms with van der Waals surface area (Å²) in [6.45, 7) is 7.62. The van der Waals surface area contributed by atoms with Gasteiger partial charge < -0.3 is 10.5 Å². The Kier molecular flexibility index (Phi) is 7.91. The minimum atomic E-state index is -4.05. The van der Waals surface area contributed by atoms with E-state index in [9.17, 15) is 13.2 Å². The number of allylic oxidation sites excluding steroid dienone is 1. The van der Waals surface area contributed by atoms with E-state index in [1.807, 2.05) is 54.6 Å². The Morgan fingerprint density at radius 1 is 1.00 bits per heavy atom. The van der Waals surface area contributed by atoms with Gasteiger partial charge >= 0.3 is 5.97 Å². The fourth-order valence-electron chi connectivity index (χ4n) is 3.50. The molecule has 3 rings (SSSR count). The van der Waals surface area contributed by atoms with Crippen LogP contribution in [0.3, 0.4) is 0 Å². The standard InChI is InChI=1S/C27H28N2O4S/c1-4-22-13-9-10-14-25(22)20(3)26(28)29(19-21-11-7-6-8-12-21)34(31,32)24-17-15-23(16-18-24)27(30)33-5-2/h4,6-18H,1,5,19,28H2,2-3H3/b26-20+. The number of benzene rings is 3. The fourth-order valence-corrected chi connectivity index (χ4v) is 4.94.